The van der Waals surface area contributed by atoms with Gasteiger partial charge in [-0.3, -0.25) is 9.78 Å². The molecule has 0 fully saturated rings. The van der Waals surface area contributed by atoms with E-state index in [1.165, 1.54) is 18.9 Å². The maximum Gasteiger partial charge on any atom is 0.315 e. The Morgan fingerprint density at radius 2 is 2.33 bits per heavy atom. The van der Waals surface area contributed by atoms with Gasteiger partial charge < -0.3 is 10.1 Å². The largest absolute Gasteiger partial charge is 0.468 e. The highest BCUT2D eigenvalue weighted by atomic mass is 32.2. The lowest BCUT2D eigenvalue weighted by atomic mass is 10.5. The summed E-state index contributed by atoms with van der Waals surface area (Å²) in [5.74, 6) is 1.51. The summed E-state index contributed by atoms with van der Waals surface area (Å²) >= 11 is 1.46. The van der Waals surface area contributed by atoms with E-state index < -0.39 is 0 Å². The highest BCUT2D eigenvalue weighted by molar-refractivity contribution is 7.99. The first kappa shape index (κ1) is 11.8. The van der Waals surface area contributed by atoms with Crippen molar-refractivity contribution in [2.24, 2.45) is 0 Å². The Kier molecular flexibility index (Phi) is 4.89. The van der Waals surface area contributed by atoms with Crippen molar-refractivity contribution in [1.82, 2.24) is 9.97 Å². The molecule has 0 saturated heterocycles. The summed E-state index contributed by atoms with van der Waals surface area (Å²) in [6.45, 7) is 0. The molecule has 82 valence electrons. The van der Waals surface area contributed by atoms with E-state index in [2.05, 4.69) is 20.0 Å². The molecule has 1 rings (SSSR count). The maximum absolute atomic E-state index is 10.8. The first-order valence-electron chi connectivity index (χ1n) is 4.39. The van der Waals surface area contributed by atoms with E-state index in [0.29, 0.717) is 11.5 Å². The third kappa shape index (κ3) is 4.16. The van der Waals surface area contributed by atoms with E-state index in [4.69, 9.17) is 0 Å². The lowest BCUT2D eigenvalue weighted by Crippen LogP contribution is -2.03. The number of carbonyl (C=O) groups excluding carboxylic acids is 1. The van der Waals surface area contributed by atoms with E-state index in [9.17, 15) is 4.79 Å². The van der Waals surface area contributed by atoms with Crippen LogP contribution in [0.2, 0.25) is 0 Å². The number of anilines is 1. The number of esters is 1. The topological polar surface area (TPSA) is 64.1 Å². The number of hydrogen-bond donors (Lipinski definition) is 1. The van der Waals surface area contributed by atoms with Gasteiger partial charge in [0.15, 0.2) is 0 Å². The van der Waals surface area contributed by atoms with Gasteiger partial charge in [0.05, 0.1) is 31.0 Å². The van der Waals surface area contributed by atoms with Crippen molar-refractivity contribution < 1.29 is 9.53 Å². The fourth-order valence-corrected chi connectivity index (χ4v) is 1.60. The summed E-state index contributed by atoms with van der Waals surface area (Å²) in [4.78, 5) is 19.1. The van der Waals surface area contributed by atoms with Crippen LogP contribution in [0.1, 0.15) is 5.69 Å². The molecular formula is C9H13N3O2S. The Labute approximate surface area is 92.6 Å². The Hall–Kier alpha value is -1.30. The first-order valence-corrected chi connectivity index (χ1v) is 5.55. The maximum atomic E-state index is 10.8. The van der Waals surface area contributed by atoms with Gasteiger partial charge >= 0.3 is 5.97 Å². The molecule has 1 aromatic heterocycles. The summed E-state index contributed by atoms with van der Waals surface area (Å²) in [7, 11) is 3.17. The highest BCUT2D eigenvalue weighted by Crippen LogP contribution is 2.10. The number of hydrogen-bond acceptors (Lipinski definition) is 6. The number of thioether (sulfide) groups is 1. The number of rotatable bonds is 5. The van der Waals surface area contributed by atoms with Gasteiger partial charge in [-0.15, -0.1) is 11.8 Å². The predicted octanol–water partition coefficient (Wildman–Crippen LogP) is 0.924. The summed E-state index contributed by atoms with van der Waals surface area (Å²) in [5.41, 5.74) is 0.850. The Bertz CT molecular complexity index is 316. The van der Waals surface area contributed by atoms with Crippen LogP contribution in [-0.4, -0.2) is 35.8 Å². The molecule has 0 aromatic carbocycles. The summed E-state index contributed by atoms with van der Waals surface area (Å²) in [6.07, 6.45) is 3.35. The molecular weight excluding hydrogens is 214 g/mol. The summed E-state index contributed by atoms with van der Waals surface area (Å²) < 4.78 is 4.52. The van der Waals surface area contributed by atoms with Crippen molar-refractivity contribution in [3.8, 4) is 0 Å². The van der Waals surface area contributed by atoms with Crippen LogP contribution in [0.3, 0.4) is 0 Å². The number of methoxy groups -OCH3 is 1. The quantitative estimate of drug-likeness (QED) is 0.755. The van der Waals surface area contributed by atoms with Gasteiger partial charge in [0.1, 0.15) is 5.82 Å². The zero-order valence-corrected chi connectivity index (χ0v) is 9.50. The molecule has 0 amide bonds. The van der Waals surface area contributed by atoms with Gasteiger partial charge in [-0.2, -0.15) is 0 Å². The monoisotopic (exact) mass is 227 g/mol. The number of ether oxygens (including phenoxy) is 1. The van der Waals surface area contributed by atoms with Gasteiger partial charge in [0.25, 0.3) is 0 Å². The van der Waals surface area contributed by atoms with Crippen LogP contribution in [0.25, 0.3) is 0 Å². The molecule has 0 radical (unpaired) electrons. The number of nitrogens with one attached hydrogen (secondary N) is 1. The van der Waals surface area contributed by atoms with Crippen LogP contribution in [-0.2, 0) is 15.3 Å². The molecule has 1 N–H and O–H groups in total. The molecule has 0 aliphatic rings. The molecule has 0 aliphatic heterocycles. The third-order valence-electron chi connectivity index (χ3n) is 1.66. The van der Waals surface area contributed by atoms with Crippen molar-refractivity contribution in [1.29, 1.82) is 0 Å². The number of nitrogens with zero attached hydrogens (tertiary/aromatic N) is 2. The van der Waals surface area contributed by atoms with Crippen LogP contribution in [0.5, 0.6) is 0 Å². The molecule has 5 nitrogen and oxygen atoms in total. The smallest absolute Gasteiger partial charge is 0.315 e. The van der Waals surface area contributed by atoms with Crippen molar-refractivity contribution in [3.63, 3.8) is 0 Å². The average molecular weight is 227 g/mol. The predicted molar refractivity (Wildman–Crippen MR) is 59.8 cm³/mol. The molecule has 0 spiro atoms. The second kappa shape index (κ2) is 6.23. The summed E-state index contributed by atoms with van der Waals surface area (Å²) in [6, 6.07) is 0. The van der Waals surface area contributed by atoms with Crippen LogP contribution >= 0.6 is 11.8 Å². The van der Waals surface area contributed by atoms with Gasteiger partial charge in [0, 0.05) is 12.8 Å². The Morgan fingerprint density at radius 1 is 1.53 bits per heavy atom. The zero-order valence-electron chi connectivity index (χ0n) is 8.69. The molecule has 0 unspecified atom stereocenters. The van der Waals surface area contributed by atoms with Gasteiger partial charge in [0.2, 0.25) is 0 Å². The van der Waals surface area contributed by atoms with Gasteiger partial charge in [-0.1, -0.05) is 0 Å². The molecule has 15 heavy (non-hydrogen) atoms. The van der Waals surface area contributed by atoms with Crippen LogP contribution in [0.4, 0.5) is 5.82 Å². The fourth-order valence-electron chi connectivity index (χ4n) is 0.856. The van der Waals surface area contributed by atoms with Crippen LogP contribution in [0, 0.1) is 0 Å². The lowest BCUT2D eigenvalue weighted by molar-refractivity contribution is -0.137. The highest BCUT2D eigenvalue weighted by Gasteiger charge is 2.01. The Morgan fingerprint density at radius 3 is 2.87 bits per heavy atom. The minimum Gasteiger partial charge on any atom is -0.468 e. The standard InChI is InChI=1S/C9H13N3O2S/c1-10-8-4-11-7(3-12-8)5-15-6-9(13)14-2/h3-4H,5-6H2,1-2H3,(H,10,12). The first-order chi connectivity index (χ1) is 7.26. The third-order valence-corrected chi connectivity index (χ3v) is 2.60. The average Bonchev–Trinajstić information content (AvgIpc) is 2.29. The SMILES string of the molecule is CNc1cnc(CSCC(=O)OC)cn1. The molecule has 1 aromatic rings. The van der Waals surface area contributed by atoms with Crippen LogP contribution < -0.4 is 5.32 Å². The van der Waals surface area contributed by atoms with E-state index in [1.54, 1.807) is 19.4 Å². The van der Waals surface area contributed by atoms with Gasteiger partial charge in [-0.25, -0.2) is 4.98 Å². The molecule has 1 heterocycles. The van der Waals surface area contributed by atoms with Crippen molar-refractivity contribution in [3.05, 3.63) is 18.1 Å². The van der Waals surface area contributed by atoms with Gasteiger partial charge in [-0.05, 0) is 0 Å². The molecule has 0 atom stereocenters. The summed E-state index contributed by atoms with van der Waals surface area (Å²) in [5, 5.41) is 2.88. The second-order valence-corrected chi connectivity index (χ2v) is 3.70. The van der Waals surface area contributed by atoms with Crippen LogP contribution in [0.15, 0.2) is 12.4 Å². The van der Waals surface area contributed by atoms with Crippen molar-refractivity contribution in [2.45, 2.75) is 5.75 Å². The van der Waals surface area contributed by atoms with Crippen molar-refractivity contribution in [2.75, 3.05) is 25.2 Å². The minimum atomic E-state index is -0.222. The van der Waals surface area contributed by atoms with E-state index >= 15 is 0 Å². The van der Waals surface area contributed by atoms with E-state index in [0.717, 1.165) is 11.5 Å². The molecule has 6 heteroatoms. The molecule has 0 aliphatic carbocycles. The van der Waals surface area contributed by atoms with E-state index in [1.807, 2.05) is 0 Å². The minimum absolute atomic E-state index is 0.222. The molecule has 0 bridgehead atoms. The fraction of sp³-hybridized carbons (Fsp3) is 0.444. The lowest BCUT2D eigenvalue weighted by Gasteiger charge is -2.01. The number of aromatic nitrogens is 2. The van der Waals surface area contributed by atoms with Crippen molar-refractivity contribution >= 4 is 23.5 Å². The van der Waals surface area contributed by atoms with E-state index in [-0.39, 0.29) is 5.97 Å². The Balaban J connectivity index is 2.34. The number of carbonyl (C=O) groups is 1. The normalized spacial score (nSPS) is 9.73. The molecule has 0 saturated carbocycles. The zero-order chi connectivity index (χ0) is 11.1. The second-order valence-electron chi connectivity index (χ2n) is 2.71.